The summed E-state index contributed by atoms with van der Waals surface area (Å²) in [6.07, 6.45) is 19.5. The summed E-state index contributed by atoms with van der Waals surface area (Å²) in [6.45, 7) is 40.6. The van der Waals surface area contributed by atoms with Crippen molar-refractivity contribution in [3.05, 3.63) is 249 Å². The van der Waals surface area contributed by atoms with Crippen molar-refractivity contribution in [2.45, 2.75) is 215 Å². The molecule has 1 aliphatic heterocycles. The lowest BCUT2D eigenvalue weighted by Crippen LogP contribution is -2.26. The molecule has 7 aliphatic rings. The predicted molar refractivity (Wildman–Crippen MR) is 563 cm³/mol. The molecule has 0 spiro atoms. The summed E-state index contributed by atoms with van der Waals surface area (Å²) < 4.78 is 11.9. The van der Waals surface area contributed by atoms with Crippen molar-refractivity contribution >= 4 is 166 Å². The topological polar surface area (TPSA) is 201 Å². The number of hydrogen-bond donors (Lipinski definition) is 4. The van der Waals surface area contributed by atoms with Crippen LogP contribution in [0.4, 0.5) is 0 Å². The van der Waals surface area contributed by atoms with Gasteiger partial charge >= 0.3 is 0 Å². The Morgan fingerprint density at radius 1 is 0.390 bits per heavy atom. The van der Waals surface area contributed by atoms with Crippen LogP contribution >= 0.6 is 0 Å². The monoisotopic (exact) mass is 1820 g/mol. The molecule has 6 heterocycles. The first-order valence-corrected chi connectivity index (χ1v) is 49.6. The van der Waals surface area contributed by atoms with Crippen LogP contribution in [-0.2, 0) is 71.2 Å². The predicted octanol–water partition coefficient (Wildman–Crippen LogP) is 24.1. The van der Waals surface area contributed by atoms with E-state index >= 15 is 0 Å². The van der Waals surface area contributed by atoms with Gasteiger partial charge in [-0.3, -0.25) is 28.8 Å². The van der Waals surface area contributed by atoms with Crippen LogP contribution in [0.25, 0.3) is 131 Å². The van der Waals surface area contributed by atoms with E-state index in [0.717, 1.165) is 186 Å². The fraction of sp³-hybridized carbons (Fsp3) is 0.373. The number of aromatic nitrogens is 5. The van der Waals surface area contributed by atoms with Gasteiger partial charge in [0.15, 0.2) is 34.7 Å². The maximum Gasteiger partial charge on any atom is 0.163 e. The second kappa shape index (κ2) is 39.0. The van der Waals surface area contributed by atoms with Gasteiger partial charge in [0, 0.05) is 197 Å². The third-order valence-electron chi connectivity index (χ3n) is 30.2. The van der Waals surface area contributed by atoms with Gasteiger partial charge in [-0.05, 0) is 380 Å². The number of ketones is 6. The number of rotatable bonds is 25. The van der Waals surface area contributed by atoms with E-state index in [1.807, 2.05) is 30.8 Å². The average molecular weight is 1820 g/mol. The molecule has 0 saturated carbocycles. The van der Waals surface area contributed by atoms with Gasteiger partial charge in [-0.15, -0.1) is 0 Å². The Balaban J connectivity index is 0.000000113. The summed E-state index contributed by atoms with van der Waals surface area (Å²) in [6, 6.07) is 46.7. The van der Waals surface area contributed by atoms with Gasteiger partial charge in [0.05, 0.1) is 22.2 Å². The Labute approximate surface area is 798 Å². The minimum absolute atomic E-state index is 0.0670. The maximum atomic E-state index is 12.4. The number of fused-ring (bicyclic) bond motifs is 27. The summed E-state index contributed by atoms with van der Waals surface area (Å²) in [7, 11) is 10.5. The van der Waals surface area contributed by atoms with Crippen LogP contribution in [0.5, 0.6) is 11.5 Å². The van der Waals surface area contributed by atoms with Crippen molar-refractivity contribution in [3.63, 3.8) is 0 Å². The number of benzene rings is 10. The molecule has 1 fully saturated rings. The third kappa shape index (κ3) is 17.5. The number of phenolic OH excluding ortho intramolecular Hbond substituents is 2. The second-order valence-electron chi connectivity index (χ2n) is 40.0. The molecule has 1 unspecified atom stereocenters. The summed E-state index contributed by atoms with van der Waals surface area (Å²) in [5.41, 5.74) is 34.3. The normalized spacial score (nSPS) is 15.5. The van der Waals surface area contributed by atoms with E-state index < -0.39 is 0 Å². The van der Waals surface area contributed by atoms with Crippen LogP contribution < -0.4 is 10.6 Å². The number of nitrogens with zero attached hydrogens (tertiary/aromatic N) is 8. The van der Waals surface area contributed by atoms with Gasteiger partial charge in [0.25, 0.3) is 0 Å². The molecule has 0 bridgehead atoms. The molecule has 136 heavy (non-hydrogen) atoms. The molecule has 0 amide bonds. The van der Waals surface area contributed by atoms with E-state index in [9.17, 15) is 39.0 Å². The highest BCUT2D eigenvalue weighted by Gasteiger charge is 2.34. The molecule has 1 saturated heterocycles. The highest BCUT2D eigenvalue weighted by Crippen LogP contribution is 2.49. The summed E-state index contributed by atoms with van der Waals surface area (Å²) in [5, 5.41) is 39.7. The van der Waals surface area contributed by atoms with Gasteiger partial charge < -0.3 is 58.4 Å². The zero-order valence-corrected chi connectivity index (χ0v) is 81.8. The summed E-state index contributed by atoms with van der Waals surface area (Å²) in [4.78, 5) is 79.2. The second-order valence-corrected chi connectivity index (χ2v) is 40.0. The average Bonchev–Trinajstić information content (AvgIpc) is 1.44. The lowest BCUT2D eigenvalue weighted by molar-refractivity contribution is 0.0986. The van der Waals surface area contributed by atoms with Gasteiger partial charge in [0.2, 0.25) is 0 Å². The van der Waals surface area contributed by atoms with Crippen molar-refractivity contribution in [1.29, 1.82) is 0 Å². The van der Waals surface area contributed by atoms with Crippen LogP contribution in [0.2, 0.25) is 0 Å². The molecule has 18 heteroatoms. The SMILES string of the molecule is C=C1CCc2c1ccc1c2c2c3c(ccc2n1CCCNCCC)C(=O)CC3.C=C1CCc2c1ccc1c2c2c3c(ccc2n1CCNC(C)C)C(=O)CC3.C=C1CCc2c1ccc1c2c2cc(C(C)=O)ccc2n1CCC1CCCN1C.C=C1CCc2c1ccc1c2c2cc(C(C)=O)ccc2n1CCCN(C)C.CC(=O)c1cc2c3cc(C(C)=O)c(O)cc3n(CCCN(C)C)c2cc1O. The van der Waals surface area contributed by atoms with Crippen molar-refractivity contribution in [3.8, 4) is 11.5 Å². The van der Waals surface area contributed by atoms with Crippen LogP contribution in [0.1, 0.15) is 250 Å². The molecule has 22 rings (SSSR count). The Kier molecular flexibility index (Phi) is 26.9. The zero-order valence-electron chi connectivity index (χ0n) is 81.8. The van der Waals surface area contributed by atoms with Gasteiger partial charge in [-0.2, -0.15) is 0 Å². The van der Waals surface area contributed by atoms with Crippen LogP contribution in [0.15, 0.2) is 160 Å². The van der Waals surface area contributed by atoms with E-state index in [4.69, 9.17) is 0 Å². The molecule has 0 radical (unpaired) electrons. The molecular weight excluding hydrogens is 1690 g/mol. The number of nitrogens with one attached hydrogen (secondary N) is 2. The van der Waals surface area contributed by atoms with Gasteiger partial charge in [0.1, 0.15) is 11.5 Å². The fourth-order valence-corrected chi connectivity index (χ4v) is 23.3. The zero-order chi connectivity index (χ0) is 95.7. The van der Waals surface area contributed by atoms with Gasteiger partial charge in [-0.25, -0.2) is 0 Å². The summed E-state index contributed by atoms with van der Waals surface area (Å²) >= 11 is 0. The number of aromatic hydroxyl groups is 2. The Bertz CT molecular complexity index is 7270. The van der Waals surface area contributed by atoms with Gasteiger partial charge in [-0.1, -0.05) is 71.4 Å². The van der Waals surface area contributed by atoms with Crippen molar-refractivity contribution in [1.82, 2.24) is 48.2 Å². The van der Waals surface area contributed by atoms with Crippen LogP contribution in [0.3, 0.4) is 0 Å². The molecule has 4 N–H and O–H groups in total. The van der Waals surface area contributed by atoms with E-state index in [0.29, 0.717) is 43.0 Å². The number of allylic oxidation sites excluding steroid dienone is 4. The minimum Gasteiger partial charge on any atom is -0.507 e. The first-order chi connectivity index (χ1) is 65.5. The first kappa shape index (κ1) is 94.0. The van der Waals surface area contributed by atoms with Crippen molar-refractivity contribution in [2.75, 3.05) is 74.5 Å². The van der Waals surface area contributed by atoms with Crippen LogP contribution in [-0.4, -0.2) is 169 Å². The lowest BCUT2D eigenvalue weighted by atomic mass is 9.97. The maximum absolute atomic E-state index is 12.4. The number of Topliss-reactive ketones (excluding diaryl/α,β-unsaturated/α-hetero) is 6. The molecule has 15 aromatic rings. The van der Waals surface area contributed by atoms with E-state index in [-0.39, 0.29) is 45.8 Å². The Hall–Kier alpha value is -12.4. The van der Waals surface area contributed by atoms with E-state index in [2.05, 4.69) is 209 Å². The van der Waals surface area contributed by atoms with Crippen molar-refractivity contribution < 1.29 is 39.0 Å². The number of carbonyl (C=O) groups excluding carboxylic acids is 6. The van der Waals surface area contributed by atoms with E-state index in [1.54, 1.807) is 38.1 Å². The molecule has 10 aromatic carbocycles. The number of carbonyl (C=O) groups is 6. The first-order valence-electron chi connectivity index (χ1n) is 49.6. The number of phenols is 2. The van der Waals surface area contributed by atoms with Crippen molar-refractivity contribution in [2.24, 2.45) is 0 Å². The summed E-state index contributed by atoms with van der Waals surface area (Å²) in [5.74, 6) is 0.266. The third-order valence-corrected chi connectivity index (χ3v) is 30.2. The highest BCUT2D eigenvalue weighted by molar-refractivity contribution is 6.21. The Morgan fingerprint density at radius 3 is 1.11 bits per heavy atom. The molecule has 18 nitrogen and oxygen atoms in total. The largest absolute Gasteiger partial charge is 0.507 e. The molecule has 6 aliphatic carbocycles. The smallest absolute Gasteiger partial charge is 0.163 e. The van der Waals surface area contributed by atoms with E-state index in [1.165, 1.54) is 211 Å². The molecule has 702 valence electrons. The standard InChI is InChI=1S/2C25H28N2O.C24H26N2O.C23H26N2O.C21H24N2O4/c1-16-6-8-21-20(16)9-11-24-25(21)22-15-18(17(2)28)7-10-23(22)27(24)14-12-19-5-4-13-26(19)3;1-3-13-26-14-4-15-27-21-10-7-17-16(2)5-6-19(17)24(21)25-20-9-12-23(28)18(20)8-11-22(25)27;1-14(2)25-12-13-26-20-9-6-16-15(3)4-5-18(16)23(20)24-19-8-11-22(27)17(19)7-10-21(24)26;1-15-6-8-19-18(15)9-11-22-23(19)20-14-17(16(2)26)7-10-21(20)25(22)13-5-12-24(3)4;1-12(24)14-8-16-17-9-15(13(2)25)21(27)11-19(17)23(7-5-6-22(3)4)18(16)10-20(14)26/h7,9-11,15,19H,1,4-6,8,12-14H2,2-3H3;7-8,10-11,26H,2-6,9,12-15H2,1H3;6-7,9-10,14,25H,3-5,8,11-13H2,1-2H3;7,9-11,14H,1,5-6,8,12-13H2,2-4H3;8-11,26-27H,5-7H2,1-4H3. The quantitative estimate of drug-likeness (QED) is 0.0311. The lowest BCUT2D eigenvalue weighted by Gasteiger charge is -2.20. The molecule has 5 aromatic heterocycles. The molecular formula is C118H132N10O8. The number of hydrogen-bond acceptors (Lipinski definition) is 13. The van der Waals surface area contributed by atoms with Crippen LogP contribution in [0, 0.1) is 0 Å². The minimum atomic E-state index is -0.228. The number of likely N-dealkylation sites (tertiary alicyclic amines) is 1. The fourth-order valence-electron chi connectivity index (χ4n) is 23.3. The Morgan fingerprint density at radius 2 is 0.735 bits per heavy atom. The number of aryl methyl sites for hydroxylation is 10. The highest BCUT2D eigenvalue weighted by atomic mass is 16.3. The molecule has 1 atom stereocenters.